The molecule has 7 heteroatoms. The molecular formula is C18H20BNO5. The lowest BCUT2D eigenvalue weighted by molar-refractivity contribution is 0.0679. The summed E-state index contributed by atoms with van der Waals surface area (Å²) in [7, 11) is -1.75. The third kappa shape index (κ3) is 3.52. The smallest absolute Gasteiger partial charge is 0.469 e. The molecule has 25 heavy (non-hydrogen) atoms. The van der Waals surface area contributed by atoms with E-state index in [9.17, 15) is 19.6 Å². The predicted molar refractivity (Wildman–Crippen MR) is 92.6 cm³/mol. The SMILES string of the molecule is CC1(C)Cc2occc2CN(C(=O)c2ccc(B(O)O)c(C=O)c2)C1. The van der Waals surface area contributed by atoms with Gasteiger partial charge >= 0.3 is 7.12 Å². The average molecular weight is 341 g/mol. The van der Waals surface area contributed by atoms with Crippen molar-refractivity contribution in [1.29, 1.82) is 0 Å². The van der Waals surface area contributed by atoms with E-state index in [0.717, 1.165) is 17.7 Å². The van der Waals surface area contributed by atoms with Gasteiger partial charge in [0, 0.05) is 36.2 Å². The van der Waals surface area contributed by atoms with Crippen molar-refractivity contribution in [3.05, 3.63) is 53.0 Å². The van der Waals surface area contributed by atoms with Crippen LogP contribution in [0, 0.1) is 5.41 Å². The highest BCUT2D eigenvalue weighted by molar-refractivity contribution is 6.60. The minimum Gasteiger partial charge on any atom is -0.469 e. The number of fused-ring (bicyclic) bond motifs is 1. The molecule has 0 atom stereocenters. The molecule has 0 spiro atoms. The summed E-state index contributed by atoms with van der Waals surface area (Å²) in [6.45, 7) is 5.14. The zero-order valence-electron chi connectivity index (χ0n) is 14.2. The van der Waals surface area contributed by atoms with Crippen molar-refractivity contribution in [2.45, 2.75) is 26.8 Å². The first-order valence-electron chi connectivity index (χ1n) is 8.10. The minimum absolute atomic E-state index is 0.0832. The van der Waals surface area contributed by atoms with Crippen LogP contribution < -0.4 is 5.46 Å². The minimum atomic E-state index is -1.75. The second-order valence-electron chi connectivity index (χ2n) is 7.21. The molecule has 0 unspecified atom stereocenters. The molecule has 0 fully saturated rings. The van der Waals surface area contributed by atoms with Crippen molar-refractivity contribution in [2.24, 2.45) is 5.41 Å². The second kappa shape index (κ2) is 6.50. The topological polar surface area (TPSA) is 91.0 Å². The Morgan fingerprint density at radius 1 is 1.32 bits per heavy atom. The van der Waals surface area contributed by atoms with Gasteiger partial charge in [-0.05, 0) is 29.1 Å². The second-order valence-corrected chi connectivity index (χ2v) is 7.21. The van der Waals surface area contributed by atoms with Gasteiger partial charge in [0.25, 0.3) is 5.91 Å². The summed E-state index contributed by atoms with van der Waals surface area (Å²) < 4.78 is 5.54. The van der Waals surface area contributed by atoms with Crippen molar-refractivity contribution in [1.82, 2.24) is 4.90 Å². The van der Waals surface area contributed by atoms with E-state index in [2.05, 4.69) is 13.8 Å². The van der Waals surface area contributed by atoms with Gasteiger partial charge in [-0.2, -0.15) is 0 Å². The number of rotatable bonds is 3. The van der Waals surface area contributed by atoms with Gasteiger partial charge in [0.2, 0.25) is 0 Å². The molecule has 0 saturated heterocycles. The largest absolute Gasteiger partial charge is 0.489 e. The van der Waals surface area contributed by atoms with Crippen molar-refractivity contribution in [3.63, 3.8) is 0 Å². The number of hydrogen-bond donors (Lipinski definition) is 2. The average Bonchev–Trinajstić information content (AvgIpc) is 2.93. The van der Waals surface area contributed by atoms with Crippen LogP contribution in [0.25, 0.3) is 0 Å². The zero-order valence-corrected chi connectivity index (χ0v) is 14.2. The molecule has 0 saturated carbocycles. The van der Waals surface area contributed by atoms with E-state index < -0.39 is 7.12 Å². The van der Waals surface area contributed by atoms with Crippen LogP contribution in [0.15, 0.2) is 34.9 Å². The highest BCUT2D eigenvalue weighted by Gasteiger charge is 2.32. The van der Waals surface area contributed by atoms with E-state index in [1.165, 1.54) is 18.2 Å². The molecule has 1 amide bonds. The van der Waals surface area contributed by atoms with Crippen molar-refractivity contribution in [3.8, 4) is 0 Å². The molecule has 1 aromatic carbocycles. The van der Waals surface area contributed by atoms with Crippen LogP contribution in [0.3, 0.4) is 0 Å². The number of aldehydes is 1. The molecule has 0 radical (unpaired) electrons. The van der Waals surface area contributed by atoms with Crippen LogP contribution in [0.4, 0.5) is 0 Å². The van der Waals surface area contributed by atoms with Gasteiger partial charge < -0.3 is 19.4 Å². The van der Waals surface area contributed by atoms with Gasteiger partial charge in [-0.3, -0.25) is 9.59 Å². The molecule has 0 aliphatic carbocycles. The first kappa shape index (κ1) is 17.4. The van der Waals surface area contributed by atoms with E-state index in [4.69, 9.17) is 4.42 Å². The normalized spacial score (nSPS) is 16.1. The number of carbonyl (C=O) groups excluding carboxylic acids is 2. The van der Waals surface area contributed by atoms with Crippen LogP contribution >= 0.6 is 0 Å². The Hall–Kier alpha value is -2.38. The quantitative estimate of drug-likeness (QED) is 0.642. The van der Waals surface area contributed by atoms with Crippen molar-refractivity contribution in [2.75, 3.05) is 6.54 Å². The first-order valence-corrected chi connectivity index (χ1v) is 8.10. The number of furan rings is 1. The third-order valence-corrected chi connectivity index (χ3v) is 4.48. The Bertz CT molecular complexity index is 812. The Morgan fingerprint density at radius 3 is 2.76 bits per heavy atom. The first-order chi connectivity index (χ1) is 11.8. The summed E-state index contributed by atoms with van der Waals surface area (Å²) >= 11 is 0. The highest BCUT2D eigenvalue weighted by Crippen LogP contribution is 2.31. The fourth-order valence-electron chi connectivity index (χ4n) is 3.30. The number of hydrogen-bond acceptors (Lipinski definition) is 5. The molecule has 6 nitrogen and oxygen atoms in total. The van der Waals surface area contributed by atoms with Gasteiger partial charge in [0.1, 0.15) is 12.0 Å². The van der Waals surface area contributed by atoms with Crippen molar-refractivity contribution < 1.29 is 24.1 Å². The van der Waals surface area contributed by atoms with Crippen LogP contribution in [0.5, 0.6) is 0 Å². The lowest BCUT2D eigenvalue weighted by Crippen LogP contribution is -2.38. The van der Waals surface area contributed by atoms with E-state index in [1.807, 2.05) is 6.07 Å². The summed E-state index contributed by atoms with van der Waals surface area (Å²) in [6, 6.07) is 6.18. The monoisotopic (exact) mass is 341 g/mol. The Kier molecular flexibility index (Phi) is 4.54. The van der Waals surface area contributed by atoms with Gasteiger partial charge in [0.15, 0.2) is 0 Å². The number of carbonyl (C=O) groups is 2. The Balaban J connectivity index is 1.93. The fraction of sp³-hybridized carbons (Fsp3) is 0.333. The number of nitrogens with zero attached hydrogens (tertiary/aromatic N) is 1. The van der Waals surface area contributed by atoms with E-state index in [1.54, 1.807) is 11.2 Å². The molecule has 1 aromatic heterocycles. The molecule has 130 valence electrons. The molecular weight excluding hydrogens is 321 g/mol. The summed E-state index contributed by atoms with van der Waals surface area (Å²) in [5.41, 5.74) is 1.36. The summed E-state index contributed by atoms with van der Waals surface area (Å²) in [5, 5.41) is 18.6. The van der Waals surface area contributed by atoms with Gasteiger partial charge in [-0.15, -0.1) is 0 Å². The van der Waals surface area contributed by atoms with Gasteiger partial charge in [-0.1, -0.05) is 19.9 Å². The molecule has 1 aliphatic heterocycles. The number of amides is 1. The summed E-state index contributed by atoms with van der Waals surface area (Å²) in [5.74, 6) is 0.692. The lowest BCUT2D eigenvalue weighted by Gasteiger charge is -2.29. The standard InChI is InChI=1S/C18H20BNO5/c1-18(2)8-16-13(5-6-25-16)9-20(11-18)17(22)12-3-4-15(19(23)24)14(7-12)10-21/h3-7,10,23-24H,8-9,11H2,1-2H3. The molecule has 3 rings (SSSR count). The van der Waals surface area contributed by atoms with E-state index in [-0.39, 0.29) is 22.3 Å². The maximum absolute atomic E-state index is 13.0. The van der Waals surface area contributed by atoms with Gasteiger partial charge in [0.05, 0.1) is 6.26 Å². The predicted octanol–water partition coefficient (Wildman–Crippen LogP) is 0.997. The highest BCUT2D eigenvalue weighted by atomic mass is 16.4. The molecule has 0 bridgehead atoms. The van der Waals surface area contributed by atoms with Crippen LogP contribution in [-0.4, -0.2) is 40.8 Å². The molecule has 2 aromatic rings. The Labute approximate surface area is 146 Å². The van der Waals surface area contributed by atoms with E-state index in [0.29, 0.717) is 24.9 Å². The maximum Gasteiger partial charge on any atom is 0.489 e. The van der Waals surface area contributed by atoms with Crippen LogP contribution in [0.1, 0.15) is 45.9 Å². The Morgan fingerprint density at radius 2 is 2.08 bits per heavy atom. The molecule has 2 heterocycles. The maximum atomic E-state index is 13.0. The van der Waals surface area contributed by atoms with Crippen LogP contribution in [0.2, 0.25) is 0 Å². The van der Waals surface area contributed by atoms with Gasteiger partial charge in [-0.25, -0.2) is 0 Å². The zero-order chi connectivity index (χ0) is 18.2. The third-order valence-electron chi connectivity index (χ3n) is 4.48. The summed E-state index contributed by atoms with van der Waals surface area (Å²) in [4.78, 5) is 25.9. The van der Waals surface area contributed by atoms with Crippen LogP contribution in [-0.2, 0) is 13.0 Å². The number of benzene rings is 1. The molecule has 2 N–H and O–H groups in total. The van der Waals surface area contributed by atoms with Crippen molar-refractivity contribution >= 4 is 24.8 Å². The fourth-order valence-corrected chi connectivity index (χ4v) is 3.30. The lowest BCUT2D eigenvalue weighted by atomic mass is 9.76. The van der Waals surface area contributed by atoms with E-state index >= 15 is 0 Å². The summed E-state index contributed by atoms with van der Waals surface area (Å²) in [6.07, 6.45) is 2.90. The molecule has 1 aliphatic rings.